The SMILES string of the molecule is CC12CCC3c4ccc(O)cc4CCC3[C@@]13CC[C@]2(O)[C@H](O)C3. The maximum absolute atomic E-state index is 11.2. The number of aryl methyl sites for hydroxylation is 1. The third-order valence-electron chi connectivity index (χ3n) is 8.52. The summed E-state index contributed by atoms with van der Waals surface area (Å²) >= 11 is 0. The van der Waals surface area contributed by atoms with Crippen molar-refractivity contribution in [2.75, 3.05) is 0 Å². The van der Waals surface area contributed by atoms with Crippen molar-refractivity contribution in [1.29, 1.82) is 0 Å². The van der Waals surface area contributed by atoms with Gasteiger partial charge in [0.1, 0.15) is 5.75 Å². The van der Waals surface area contributed by atoms with Crippen molar-refractivity contribution in [3.05, 3.63) is 29.3 Å². The third kappa shape index (κ3) is 1.41. The summed E-state index contributed by atoms with van der Waals surface area (Å²) in [6.07, 6.45) is 6.27. The lowest BCUT2D eigenvalue weighted by Crippen LogP contribution is -2.53. The molecule has 3 fully saturated rings. The van der Waals surface area contributed by atoms with Crippen molar-refractivity contribution in [1.82, 2.24) is 0 Å². The van der Waals surface area contributed by atoms with Crippen LogP contribution < -0.4 is 0 Å². The zero-order valence-electron chi connectivity index (χ0n) is 13.8. The van der Waals surface area contributed by atoms with E-state index in [-0.39, 0.29) is 10.8 Å². The van der Waals surface area contributed by atoms with Crippen LogP contribution in [0, 0.1) is 16.7 Å². The number of rotatable bonds is 0. The van der Waals surface area contributed by atoms with E-state index in [4.69, 9.17) is 0 Å². The van der Waals surface area contributed by atoms with Crippen LogP contribution in [-0.2, 0) is 6.42 Å². The van der Waals surface area contributed by atoms with Gasteiger partial charge in [-0.1, -0.05) is 13.0 Å². The lowest BCUT2D eigenvalue weighted by Gasteiger charge is -2.56. The molecule has 4 aliphatic carbocycles. The first-order valence-electron chi connectivity index (χ1n) is 9.14. The largest absolute Gasteiger partial charge is 0.508 e. The predicted octanol–water partition coefficient (Wildman–Crippen LogP) is 3.11. The monoisotopic (exact) mass is 314 g/mol. The van der Waals surface area contributed by atoms with Crippen LogP contribution in [0.2, 0.25) is 0 Å². The molecule has 3 unspecified atom stereocenters. The maximum atomic E-state index is 11.2. The smallest absolute Gasteiger partial charge is 0.115 e. The van der Waals surface area contributed by atoms with Gasteiger partial charge in [0.05, 0.1) is 11.7 Å². The molecule has 3 heteroatoms. The molecule has 0 saturated heterocycles. The molecule has 1 aromatic carbocycles. The molecule has 0 amide bonds. The van der Waals surface area contributed by atoms with Crippen LogP contribution in [-0.4, -0.2) is 27.0 Å². The molecule has 2 bridgehead atoms. The van der Waals surface area contributed by atoms with Gasteiger partial charge < -0.3 is 15.3 Å². The number of fused-ring (bicyclic) bond motifs is 3. The maximum Gasteiger partial charge on any atom is 0.115 e. The lowest BCUT2D eigenvalue weighted by atomic mass is 9.48. The summed E-state index contributed by atoms with van der Waals surface area (Å²) in [5.74, 6) is 1.46. The fourth-order valence-corrected chi connectivity index (χ4v) is 7.34. The van der Waals surface area contributed by atoms with Gasteiger partial charge in [0.15, 0.2) is 0 Å². The fourth-order valence-electron chi connectivity index (χ4n) is 7.34. The van der Waals surface area contributed by atoms with E-state index in [1.165, 1.54) is 11.1 Å². The Morgan fingerprint density at radius 1 is 1.13 bits per heavy atom. The highest BCUT2D eigenvalue weighted by molar-refractivity contribution is 5.41. The van der Waals surface area contributed by atoms with Crippen molar-refractivity contribution >= 4 is 0 Å². The summed E-state index contributed by atoms with van der Waals surface area (Å²) in [6.45, 7) is 2.25. The Kier molecular flexibility index (Phi) is 2.56. The minimum absolute atomic E-state index is 0.0969. The van der Waals surface area contributed by atoms with Crippen molar-refractivity contribution in [2.24, 2.45) is 16.7 Å². The molecule has 124 valence electrons. The van der Waals surface area contributed by atoms with Crippen LogP contribution in [0.3, 0.4) is 0 Å². The van der Waals surface area contributed by atoms with Gasteiger partial charge in [-0.15, -0.1) is 0 Å². The molecule has 3 N–H and O–H groups in total. The second kappa shape index (κ2) is 4.12. The summed E-state index contributed by atoms with van der Waals surface area (Å²) < 4.78 is 0. The first-order chi connectivity index (χ1) is 10.9. The zero-order chi connectivity index (χ0) is 16.0. The Morgan fingerprint density at radius 2 is 1.96 bits per heavy atom. The van der Waals surface area contributed by atoms with Crippen molar-refractivity contribution in [3.8, 4) is 5.75 Å². The Balaban J connectivity index is 1.63. The van der Waals surface area contributed by atoms with E-state index in [1.807, 2.05) is 12.1 Å². The van der Waals surface area contributed by atoms with E-state index < -0.39 is 11.7 Å². The fraction of sp³-hybridized carbons (Fsp3) is 0.700. The molecule has 6 atom stereocenters. The van der Waals surface area contributed by atoms with Crippen LogP contribution in [0.25, 0.3) is 0 Å². The lowest BCUT2D eigenvalue weighted by molar-refractivity contribution is -0.129. The summed E-state index contributed by atoms with van der Waals surface area (Å²) in [4.78, 5) is 0. The van der Waals surface area contributed by atoms with Crippen molar-refractivity contribution < 1.29 is 15.3 Å². The first-order valence-corrected chi connectivity index (χ1v) is 9.14. The number of hydrogen-bond acceptors (Lipinski definition) is 3. The van der Waals surface area contributed by atoms with E-state index in [9.17, 15) is 15.3 Å². The van der Waals surface area contributed by atoms with Crippen LogP contribution in [0.1, 0.15) is 62.5 Å². The molecule has 4 aliphatic rings. The topological polar surface area (TPSA) is 60.7 Å². The van der Waals surface area contributed by atoms with Crippen LogP contribution in [0.4, 0.5) is 0 Å². The number of hydrogen-bond donors (Lipinski definition) is 3. The number of phenolic OH excluding ortho intramolecular Hbond substituents is 1. The molecule has 3 saturated carbocycles. The summed E-state index contributed by atoms with van der Waals surface area (Å²) in [7, 11) is 0. The van der Waals surface area contributed by atoms with Crippen molar-refractivity contribution in [3.63, 3.8) is 0 Å². The minimum Gasteiger partial charge on any atom is -0.508 e. The van der Waals surface area contributed by atoms with Crippen LogP contribution in [0.5, 0.6) is 5.75 Å². The third-order valence-corrected chi connectivity index (χ3v) is 8.52. The van der Waals surface area contributed by atoms with Gasteiger partial charge in [-0.25, -0.2) is 0 Å². The predicted molar refractivity (Wildman–Crippen MR) is 87.2 cm³/mol. The highest BCUT2D eigenvalue weighted by Gasteiger charge is 2.76. The van der Waals surface area contributed by atoms with E-state index in [2.05, 4.69) is 13.0 Å². The van der Waals surface area contributed by atoms with E-state index in [0.717, 1.165) is 44.9 Å². The number of phenols is 1. The highest BCUT2D eigenvalue weighted by Crippen LogP contribution is 2.77. The van der Waals surface area contributed by atoms with Gasteiger partial charge in [-0.2, -0.15) is 0 Å². The summed E-state index contributed by atoms with van der Waals surface area (Å²) in [5.41, 5.74) is 1.81. The van der Waals surface area contributed by atoms with E-state index >= 15 is 0 Å². The van der Waals surface area contributed by atoms with Crippen LogP contribution in [0.15, 0.2) is 18.2 Å². The van der Waals surface area contributed by atoms with E-state index in [0.29, 0.717) is 17.6 Å². The highest BCUT2D eigenvalue weighted by atomic mass is 16.3. The van der Waals surface area contributed by atoms with Crippen LogP contribution >= 0.6 is 0 Å². The molecular formula is C20H26O3. The Labute approximate surface area is 137 Å². The summed E-state index contributed by atoms with van der Waals surface area (Å²) in [6, 6.07) is 5.87. The minimum atomic E-state index is -0.868. The van der Waals surface area contributed by atoms with Gasteiger partial charge in [0, 0.05) is 5.41 Å². The zero-order valence-corrected chi connectivity index (χ0v) is 13.8. The second-order valence-electron chi connectivity index (χ2n) is 8.81. The Bertz CT molecular complexity index is 685. The molecule has 0 aromatic heterocycles. The van der Waals surface area contributed by atoms with Gasteiger partial charge in [0.2, 0.25) is 0 Å². The van der Waals surface area contributed by atoms with Crippen molar-refractivity contribution in [2.45, 2.75) is 69.5 Å². The van der Waals surface area contributed by atoms with Gasteiger partial charge in [0.25, 0.3) is 0 Å². The average Bonchev–Trinajstić information content (AvgIpc) is 2.86. The number of aromatic hydroxyl groups is 1. The number of aliphatic hydroxyl groups excluding tert-OH is 1. The Hall–Kier alpha value is -1.06. The molecule has 0 radical (unpaired) electrons. The number of aliphatic hydroxyl groups is 2. The van der Waals surface area contributed by atoms with E-state index in [1.54, 1.807) is 0 Å². The molecule has 5 rings (SSSR count). The normalized spacial score (nSPS) is 50.3. The molecule has 0 aliphatic heterocycles. The standard InChI is InChI=1S/C20H26O3/c1-18-7-6-15-14-4-3-13(21)10-12(14)2-5-16(15)19(18)8-9-20(18,23)17(22)11-19/h3-4,10,15-17,21-23H,2,5-9,11H2,1H3/t15?,16?,17-,18?,19+,20+/m1/s1. The average molecular weight is 314 g/mol. The van der Waals surface area contributed by atoms with Gasteiger partial charge in [-0.05, 0) is 85.5 Å². The number of benzene rings is 1. The quantitative estimate of drug-likeness (QED) is 0.689. The van der Waals surface area contributed by atoms with Gasteiger partial charge in [-0.3, -0.25) is 0 Å². The van der Waals surface area contributed by atoms with Gasteiger partial charge >= 0.3 is 0 Å². The molecule has 23 heavy (non-hydrogen) atoms. The Morgan fingerprint density at radius 3 is 2.74 bits per heavy atom. The molecule has 1 aromatic rings. The molecule has 0 heterocycles. The molecule has 0 spiro atoms. The summed E-state index contributed by atoms with van der Waals surface area (Å²) in [5, 5.41) is 31.6. The second-order valence-corrected chi connectivity index (χ2v) is 8.81. The first kappa shape index (κ1) is 14.3. The molecule has 3 nitrogen and oxygen atoms in total. The molecular weight excluding hydrogens is 288 g/mol.